The summed E-state index contributed by atoms with van der Waals surface area (Å²) in [5.41, 5.74) is 0. The van der Waals surface area contributed by atoms with Crippen molar-refractivity contribution in [1.82, 2.24) is 10.2 Å². The SMILES string of the molecule is CNCCC(=O)N(C)CC1CCCO1. The highest BCUT2D eigenvalue weighted by molar-refractivity contribution is 5.76. The van der Waals surface area contributed by atoms with Crippen LogP contribution in [-0.4, -0.2) is 50.7 Å². The number of likely N-dealkylation sites (N-methyl/N-ethyl adjacent to an activating group) is 1. The highest BCUT2D eigenvalue weighted by Crippen LogP contribution is 2.12. The van der Waals surface area contributed by atoms with Gasteiger partial charge in [0.2, 0.25) is 5.91 Å². The van der Waals surface area contributed by atoms with Gasteiger partial charge in [-0.2, -0.15) is 0 Å². The lowest BCUT2D eigenvalue weighted by Gasteiger charge is -2.20. The molecule has 0 saturated carbocycles. The minimum atomic E-state index is 0.190. The molecular formula is C10H20N2O2. The van der Waals surface area contributed by atoms with Crippen LogP contribution in [0.1, 0.15) is 19.3 Å². The zero-order chi connectivity index (χ0) is 10.4. The first-order valence-corrected chi connectivity index (χ1v) is 5.24. The molecule has 1 atom stereocenters. The Hall–Kier alpha value is -0.610. The number of carbonyl (C=O) groups is 1. The van der Waals surface area contributed by atoms with Crippen molar-refractivity contribution in [1.29, 1.82) is 0 Å². The predicted molar refractivity (Wildman–Crippen MR) is 55.2 cm³/mol. The van der Waals surface area contributed by atoms with Crippen LogP contribution in [0.2, 0.25) is 0 Å². The zero-order valence-electron chi connectivity index (χ0n) is 9.08. The van der Waals surface area contributed by atoms with E-state index in [4.69, 9.17) is 4.74 Å². The summed E-state index contributed by atoms with van der Waals surface area (Å²) in [6.45, 7) is 2.33. The van der Waals surface area contributed by atoms with Gasteiger partial charge < -0.3 is 15.0 Å². The maximum atomic E-state index is 11.5. The molecule has 1 heterocycles. The van der Waals surface area contributed by atoms with Crippen molar-refractivity contribution < 1.29 is 9.53 Å². The molecule has 0 radical (unpaired) electrons. The Labute approximate surface area is 85.6 Å². The Balaban J connectivity index is 2.18. The van der Waals surface area contributed by atoms with Crippen LogP contribution in [-0.2, 0) is 9.53 Å². The molecule has 0 spiro atoms. The quantitative estimate of drug-likeness (QED) is 0.691. The molecule has 1 N–H and O–H groups in total. The summed E-state index contributed by atoms with van der Waals surface area (Å²) in [5.74, 6) is 0.190. The molecule has 14 heavy (non-hydrogen) atoms. The molecular weight excluding hydrogens is 180 g/mol. The average molecular weight is 200 g/mol. The molecule has 1 saturated heterocycles. The molecule has 1 rings (SSSR count). The minimum absolute atomic E-state index is 0.190. The van der Waals surface area contributed by atoms with Crippen LogP contribution < -0.4 is 5.32 Å². The summed E-state index contributed by atoms with van der Waals surface area (Å²) < 4.78 is 5.47. The van der Waals surface area contributed by atoms with Gasteiger partial charge in [-0.05, 0) is 19.9 Å². The van der Waals surface area contributed by atoms with Crippen molar-refractivity contribution >= 4 is 5.91 Å². The smallest absolute Gasteiger partial charge is 0.223 e. The lowest BCUT2D eigenvalue weighted by Crippen LogP contribution is -2.35. The molecule has 1 unspecified atom stereocenters. The van der Waals surface area contributed by atoms with Crippen LogP contribution >= 0.6 is 0 Å². The van der Waals surface area contributed by atoms with Crippen LogP contribution in [0.3, 0.4) is 0 Å². The maximum absolute atomic E-state index is 11.5. The van der Waals surface area contributed by atoms with E-state index < -0.39 is 0 Å². The molecule has 82 valence electrons. The fourth-order valence-corrected chi connectivity index (χ4v) is 1.62. The fraction of sp³-hybridized carbons (Fsp3) is 0.900. The molecule has 0 aromatic rings. The third kappa shape index (κ3) is 3.64. The van der Waals surface area contributed by atoms with Crippen molar-refractivity contribution in [3.63, 3.8) is 0 Å². The van der Waals surface area contributed by atoms with Gasteiger partial charge in [0.25, 0.3) is 0 Å². The van der Waals surface area contributed by atoms with Crippen molar-refractivity contribution in [3.8, 4) is 0 Å². The largest absolute Gasteiger partial charge is 0.376 e. The predicted octanol–water partition coefficient (Wildman–Crippen LogP) is 0.233. The van der Waals surface area contributed by atoms with Crippen LogP contribution in [0, 0.1) is 0 Å². The first-order chi connectivity index (χ1) is 6.74. The number of ether oxygens (including phenoxy) is 1. The van der Waals surface area contributed by atoms with Gasteiger partial charge in [-0.1, -0.05) is 0 Å². The second kappa shape index (κ2) is 5.98. The third-order valence-electron chi connectivity index (χ3n) is 2.52. The van der Waals surface area contributed by atoms with Gasteiger partial charge in [-0.25, -0.2) is 0 Å². The van der Waals surface area contributed by atoms with E-state index in [0.717, 1.165) is 32.5 Å². The topological polar surface area (TPSA) is 41.6 Å². The van der Waals surface area contributed by atoms with Crippen molar-refractivity contribution in [3.05, 3.63) is 0 Å². The van der Waals surface area contributed by atoms with Crippen LogP contribution in [0.15, 0.2) is 0 Å². The van der Waals surface area contributed by atoms with E-state index in [1.165, 1.54) is 0 Å². The number of hydrogen-bond acceptors (Lipinski definition) is 3. The van der Waals surface area contributed by atoms with E-state index in [2.05, 4.69) is 5.32 Å². The Morgan fingerprint density at radius 3 is 3.00 bits per heavy atom. The summed E-state index contributed by atoms with van der Waals surface area (Å²) in [5, 5.41) is 2.97. The second-order valence-corrected chi connectivity index (χ2v) is 3.76. The Morgan fingerprint density at radius 1 is 1.64 bits per heavy atom. The van der Waals surface area contributed by atoms with Gasteiger partial charge in [0, 0.05) is 33.2 Å². The van der Waals surface area contributed by atoms with Crippen molar-refractivity contribution in [2.45, 2.75) is 25.4 Å². The average Bonchev–Trinajstić information content (AvgIpc) is 2.66. The number of nitrogens with one attached hydrogen (secondary N) is 1. The van der Waals surface area contributed by atoms with Crippen molar-refractivity contribution in [2.75, 3.05) is 33.8 Å². The summed E-state index contributed by atoms with van der Waals surface area (Å²) in [6.07, 6.45) is 3.05. The summed E-state index contributed by atoms with van der Waals surface area (Å²) in [4.78, 5) is 13.3. The third-order valence-corrected chi connectivity index (χ3v) is 2.52. The summed E-state index contributed by atoms with van der Waals surface area (Å²) >= 11 is 0. The zero-order valence-corrected chi connectivity index (χ0v) is 9.08. The van der Waals surface area contributed by atoms with Gasteiger partial charge >= 0.3 is 0 Å². The normalized spacial score (nSPS) is 21.1. The van der Waals surface area contributed by atoms with Gasteiger partial charge in [0.15, 0.2) is 0 Å². The number of rotatable bonds is 5. The highest BCUT2D eigenvalue weighted by Gasteiger charge is 2.19. The molecule has 4 heteroatoms. The maximum Gasteiger partial charge on any atom is 0.223 e. The molecule has 1 aliphatic rings. The minimum Gasteiger partial charge on any atom is -0.376 e. The lowest BCUT2D eigenvalue weighted by atomic mass is 10.2. The fourth-order valence-electron chi connectivity index (χ4n) is 1.62. The molecule has 0 aromatic heterocycles. The first-order valence-electron chi connectivity index (χ1n) is 5.24. The number of nitrogens with zero attached hydrogens (tertiary/aromatic N) is 1. The van der Waals surface area contributed by atoms with E-state index in [9.17, 15) is 4.79 Å². The van der Waals surface area contributed by atoms with Crippen LogP contribution in [0.5, 0.6) is 0 Å². The summed E-state index contributed by atoms with van der Waals surface area (Å²) in [6, 6.07) is 0. The van der Waals surface area contributed by atoms with E-state index in [1.807, 2.05) is 14.1 Å². The molecule has 4 nitrogen and oxygen atoms in total. The van der Waals surface area contributed by atoms with E-state index in [-0.39, 0.29) is 12.0 Å². The second-order valence-electron chi connectivity index (χ2n) is 3.76. The Bertz CT molecular complexity index is 179. The number of hydrogen-bond donors (Lipinski definition) is 1. The molecule has 0 aromatic carbocycles. The molecule has 0 aliphatic carbocycles. The van der Waals surface area contributed by atoms with Crippen LogP contribution in [0.4, 0.5) is 0 Å². The lowest BCUT2D eigenvalue weighted by molar-refractivity contribution is -0.131. The first kappa shape index (κ1) is 11.5. The number of amides is 1. The van der Waals surface area contributed by atoms with Gasteiger partial charge in [-0.3, -0.25) is 4.79 Å². The Kier molecular flexibility index (Phi) is 4.90. The Morgan fingerprint density at radius 2 is 2.43 bits per heavy atom. The van der Waals surface area contributed by atoms with E-state index in [1.54, 1.807) is 4.90 Å². The number of carbonyl (C=O) groups excluding carboxylic acids is 1. The molecule has 1 aliphatic heterocycles. The van der Waals surface area contributed by atoms with Gasteiger partial charge in [-0.15, -0.1) is 0 Å². The van der Waals surface area contributed by atoms with Gasteiger partial charge in [0.05, 0.1) is 6.10 Å². The highest BCUT2D eigenvalue weighted by atomic mass is 16.5. The van der Waals surface area contributed by atoms with E-state index >= 15 is 0 Å². The van der Waals surface area contributed by atoms with Crippen LogP contribution in [0.25, 0.3) is 0 Å². The summed E-state index contributed by atoms with van der Waals surface area (Å²) in [7, 11) is 3.70. The van der Waals surface area contributed by atoms with E-state index in [0.29, 0.717) is 6.42 Å². The molecule has 1 fully saturated rings. The standard InChI is InChI=1S/C10H20N2O2/c1-11-6-5-10(13)12(2)8-9-4-3-7-14-9/h9,11H,3-8H2,1-2H3. The van der Waals surface area contributed by atoms with Crippen molar-refractivity contribution in [2.24, 2.45) is 0 Å². The monoisotopic (exact) mass is 200 g/mol. The van der Waals surface area contributed by atoms with Gasteiger partial charge in [0.1, 0.15) is 0 Å². The molecule has 0 bridgehead atoms. The molecule has 1 amide bonds.